The number of nitrogens with zero attached hydrogens (tertiary/aromatic N) is 1. The number of halogens is 1. The van der Waals surface area contributed by atoms with Crippen molar-refractivity contribution in [3.05, 3.63) is 39.9 Å². The summed E-state index contributed by atoms with van der Waals surface area (Å²) in [5.41, 5.74) is 2.45. The van der Waals surface area contributed by atoms with Gasteiger partial charge in [0, 0.05) is 27.5 Å². The number of aryl methyl sites for hydroxylation is 1. The van der Waals surface area contributed by atoms with Gasteiger partial charge in [-0.2, -0.15) is 0 Å². The predicted octanol–water partition coefficient (Wildman–Crippen LogP) is 4.91. The van der Waals surface area contributed by atoms with Gasteiger partial charge in [0.2, 0.25) is 0 Å². The van der Waals surface area contributed by atoms with Crippen LogP contribution in [0.4, 0.5) is 0 Å². The zero-order chi connectivity index (χ0) is 14.8. The highest BCUT2D eigenvalue weighted by molar-refractivity contribution is 7.15. The minimum Gasteiger partial charge on any atom is -0.307 e. The van der Waals surface area contributed by atoms with Crippen LogP contribution in [0, 0.1) is 0 Å². The van der Waals surface area contributed by atoms with E-state index in [2.05, 4.69) is 33.0 Å². The van der Waals surface area contributed by atoms with Crippen molar-refractivity contribution < 1.29 is 0 Å². The molecule has 20 heavy (non-hydrogen) atoms. The fourth-order valence-corrected chi connectivity index (χ4v) is 3.08. The van der Waals surface area contributed by atoms with Crippen LogP contribution in [0.2, 0.25) is 5.02 Å². The van der Waals surface area contributed by atoms with Crippen molar-refractivity contribution >= 4 is 22.9 Å². The van der Waals surface area contributed by atoms with Gasteiger partial charge in [-0.15, -0.1) is 11.3 Å². The molecule has 2 aromatic rings. The molecule has 1 aromatic carbocycles. The molecule has 0 atom stereocenters. The van der Waals surface area contributed by atoms with E-state index in [1.54, 1.807) is 11.3 Å². The molecule has 0 spiro atoms. The second kappa shape index (κ2) is 6.25. The second-order valence-electron chi connectivity index (χ2n) is 5.85. The van der Waals surface area contributed by atoms with Gasteiger partial charge in [0.15, 0.2) is 0 Å². The van der Waals surface area contributed by atoms with Crippen molar-refractivity contribution in [3.8, 4) is 10.6 Å². The van der Waals surface area contributed by atoms with Gasteiger partial charge >= 0.3 is 0 Å². The lowest BCUT2D eigenvalue weighted by Gasteiger charge is -2.20. The molecule has 1 heterocycles. The first-order chi connectivity index (χ1) is 9.39. The van der Waals surface area contributed by atoms with Crippen LogP contribution in [0.15, 0.2) is 24.3 Å². The summed E-state index contributed by atoms with van der Waals surface area (Å²) in [6, 6.07) is 7.89. The van der Waals surface area contributed by atoms with E-state index >= 15 is 0 Å². The lowest BCUT2D eigenvalue weighted by atomic mass is 10.1. The standard InChI is InChI=1S/C16H21ClN2S/c1-5-13-14(10-18-16(2,3)4)20-15(19-13)11-6-8-12(17)9-7-11/h6-9,18H,5,10H2,1-4H3. The van der Waals surface area contributed by atoms with E-state index in [1.807, 2.05) is 24.3 Å². The summed E-state index contributed by atoms with van der Waals surface area (Å²) in [4.78, 5) is 6.09. The Hall–Kier alpha value is -0.900. The molecule has 2 rings (SSSR count). The third-order valence-electron chi connectivity index (χ3n) is 2.98. The zero-order valence-corrected chi connectivity index (χ0v) is 14.0. The van der Waals surface area contributed by atoms with E-state index in [1.165, 1.54) is 10.6 Å². The van der Waals surface area contributed by atoms with Gasteiger partial charge in [-0.1, -0.05) is 30.7 Å². The van der Waals surface area contributed by atoms with Crippen LogP contribution in [-0.4, -0.2) is 10.5 Å². The van der Waals surface area contributed by atoms with E-state index in [0.29, 0.717) is 0 Å². The third kappa shape index (κ3) is 4.05. The van der Waals surface area contributed by atoms with E-state index in [4.69, 9.17) is 16.6 Å². The first-order valence-electron chi connectivity index (χ1n) is 6.88. The van der Waals surface area contributed by atoms with Crippen molar-refractivity contribution in [2.75, 3.05) is 0 Å². The summed E-state index contributed by atoms with van der Waals surface area (Å²) in [6.07, 6.45) is 0.964. The molecule has 2 nitrogen and oxygen atoms in total. The van der Waals surface area contributed by atoms with Gasteiger partial charge in [-0.05, 0) is 39.3 Å². The lowest BCUT2D eigenvalue weighted by Crippen LogP contribution is -2.35. The molecule has 0 fully saturated rings. The van der Waals surface area contributed by atoms with Crippen molar-refractivity contribution in [2.24, 2.45) is 0 Å². The Morgan fingerprint density at radius 3 is 2.40 bits per heavy atom. The van der Waals surface area contributed by atoms with Crippen LogP contribution in [0.5, 0.6) is 0 Å². The summed E-state index contributed by atoms with van der Waals surface area (Å²) in [5.74, 6) is 0. The Kier molecular flexibility index (Phi) is 4.84. The maximum atomic E-state index is 5.94. The SMILES string of the molecule is CCc1nc(-c2ccc(Cl)cc2)sc1CNC(C)(C)C. The number of thiazole rings is 1. The van der Waals surface area contributed by atoms with Gasteiger partial charge < -0.3 is 5.32 Å². The monoisotopic (exact) mass is 308 g/mol. The van der Waals surface area contributed by atoms with Crippen molar-refractivity contribution in [1.82, 2.24) is 10.3 Å². The maximum Gasteiger partial charge on any atom is 0.123 e. The molecule has 0 saturated heterocycles. The van der Waals surface area contributed by atoms with Crippen molar-refractivity contribution in [3.63, 3.8) is 0 Å². The molecule has 1 aromatic heterocycles. The summed E-state index contributed by atoms with van der Waals surface area (Å²) in [5, 5.41) is 5.37. The highest BCUT2D eigenvalue weighted by Gasteiger charge is 2.14. The van der Waals surface area contributed by atoms with Gasteiger partial charge in [0.1, 0.15) is 5.01 Å². The highest BCUT2D eigenvalue weighted by Crippen LogP contribution is 2.29. The average molecular weight is 309 g/mol. The number of aromatic nitrogens is 1. The molecule has 0 saturated carbocycles. The number of benzene rings is 1. The van der Waals surface area contributed by atoms with Crippen LogP contribution in [0.3, 0.4) is 0 Å². The first kappa shape index (κ1) is 15.5. The van der Waals surface area contributed by atoms with Crippen molar-refractivity contribution in [1.29, 1.82) is 0 Å². The Labute approximate surface area is 130 Å². The zero-order valence-electron chi connectivity index (χ0n) is 12.5. The van der Waals surface area contributed by atoms with Gasteiger partial charge in [-0.3, -0.25) is 0 Å². The summed E-state index contributed by atoms with van der Waals surface area (Å²) < 4.78 is 0. The largest absolute Gasteiger partial charge is 0.307 e. The molecule has 0 unspecified atom stereocenters. The van der Waals surface area contributed by atoms with Gasteiger partial charge in [-0.25, -0.2) is 4.98 Å². The smallest absolute Gasteiger partial charge is 0.123 e. The fourth-order valence-electron chi connectivity index (χ4n) is 1.86. The van der Waals surface area contributed by atoms with Crippen LogP contribution >= 0.6 is 22.9 Å². The Balaban J connectivity index is 2.24. The maximum absolute atomic E-state index is 5.94. The van der Waals surface area contributed by atoms with Crippen LogP contribution in [0.25, 0.3) is 10.6 Å². The molecule has 0 bridgehead atoms. The average Bonchev–Trinajstić information content (AvgIpc) is 2.79. The number of hydrogen-bond acceptors (Lipinski definition) is 3. The minimum atomic E-state index is 0.120. The normalized spacial score (nSPS) is 11.8. The molecule has 0 radical (unpaired) electrons. The first-order valence-corrected chi connectivity index (χ1v) is 8.08. The third-order valence-corrected chi connectivity index (χ3v) is 4.38. The topological polar surface area (TPSA) is 24.9 Å². The van der Waals surface area contributed by atoms with Crippen LogP contribution < -0.4 is 5.32 Å². The number of hydrogen-bond donors (Lipinski definition) is 1. The Bertz CT molecular complexity index is 567. The Morgan fingerprint density at radius 2 is 1.85 bits per heavy atom. The molecular formula is C16H21ClN2S. The summed E-state index contributed by atoms with van der Waals surface area (Å²) >= 11 is 7.70. The number of rotatable bonds is 4. The van der Waals surface area contributed by atoms with Gasteiger partial charge in [0.05, 0.1) is 5.69 Å². The van der Waals surface area contributed by atoms with Crippen LogP contribution in [0.1, 0.15) is 38.3 Å². The molecular weight excluding hydrogens is 288 g/mol. The fraction of sp³-hybridized carbons (Fsp3) is 0.438. The lowest BCUT2D eigenvalue weighted by molar-refractivity contribution is 0.425. The van der Waals surface area contributed by atoms with Crippen molar-refractivity contribution in [2.45, 2.75) is 46.2 Å². The van der Waals surface area contributed by atoms with E-state index in [0.717, 1.165) is 28.6 Å². The molecule has 108 valence electrons. The van der Waals surface area contributed by atoms with Crippen LogP contribution in [-0.2, 0) is 13.0 Å². The molecule has 4 heteroatoms. The molecule has 0 aliphatic heterocycles. The van der Waals surface area contributed by atoms with E-state index in [9.17, 15) is 0 Å². The van der Waals surface area contributed by atoms with Gasteiger partial charge in [0.25, 0.3) is 0 Å². The quantitative estimate of drug-likeness (QED) is 0.867. The predicted molar refractivity (Wildman–Crippen MR) is 88.5 cm³/mol. The highest BCUT2D eigenvalue weighted by atomic mass is 35.5. The molecule has 0 aliphatic carbocycles. The summed E-state index contributed by atoms with van der Waals surface area (Å²) in [6.45, 7) is 9.57. The second-order valence-corrected chi connectivity index (χ2v) is 7.37. The Morgan fingerprint density at radius 1 is 1.20 bits per heavy atom. The number of nitrogens with one attached hydrogen (secondary N) is 1. The minimum absolute atomic E-state index is 0.120. The van der Waals surface area contributed by atoms with E-state index in [-0.39, 0.29) is 5.54 Å². The molecule has 0 aliphatic rings. The molecule has 0 amide bonds. The van der Waals surface area contributed by atoms with E-state index < -0.39 is 0 Å². The summed E-state index contributed by atoms with van der Waals surface area (Å²) in [7, 11) is 0. The molecule has 1 N–H and O–H groups in total.